The second-order valence-corrected chi connectivity index (χ2v) is 7.69. The smallest absolute Gasteiger partial charge is 0.262 e. The quantitative estimate of drug-likeness (QED) is 0.839. The third-order valence-electron chi connectivity index (χ3n) is 3.59. The molecule has 26 heavy (non-hydrogen) atoms. The van der Waals surface area contributed by atoms with Gasteiger partial charge in [-0.2, -0.15) is 0 Å². The van der Waals surface area contributed by atoms with E-state index in [1.807, 2.05) is 0 Å². The SMILES string of the molecule is CC(=O)Nc1ccc(C)c(S(=O)(=O)Nc2ccc(C(=O)N(C)C)cc2)c1. The number of nitrogens with one attached hydrogen (secondary N) is 2. The maximum atomic E-state index is 12.7. The largest absolute Gasteiger partial charge is 0.345 e. The summed E-state index contributed by atoms with van der Waals surface area (Å²) in [7, 11) is -0.563. The van der Waals surface area contributed by atoms with E-state index in [-0.39, 0.29) is 16.7 Å². The van der Waals surface area contributed by atoms with Gasteiger partial charge in [0, 0.05) is 38.0 Å². The molecule has 2 aromatic rings. The molecule has 0 fully saturated rings. The van der Waals surface area contributed by atoms with Crippen LogP contribution in [0, 0.1) is 6.92 Å². The number of amides is 2. The zero-order chi connectivity index (χ0) is 19.5. The fraction of sp³-hybridized carbons (Fsp3) is 0.222. The van der Waals surface area contributed by atoms with E-state index < -0.39 is 10.0 Å². The summed E-state index contributed by atoms with van der Waals surface area (Å²) in [6.07, 6.45) is 0. The maximum Gasteiger partial charge on any atom is 0.262 e. The van der Waals surface area contributed by atoms with E-state index in [4.69, 9.17) is 0 Å². The second-order valence-electron chi connectivity index (χ2n) is 6.04. The Balaban J connectivity index is 2.28. The third kappa shape index (κ3) is 4.60. The van der Waals surface area contributed by atoms with Crippen molar-refractivity contribution >= 4 is 33.2 Å². The van der Waals surface area contributed by atoms with Crippen molar-refractivity contribution in [3.05, 3.63) is 53.6 Å². The molecule has 0 saturated heterocycles. The van der Waals surface area contributed by atoms with Gasteiger partial charge in [-0.3, -0.25) is 14.3 Å². The van der Waals surface area contributed by atoms with Gasteiger partial charge in [0.15, 0.2) is 0 Å². The molecule has 2 aromatic carbocycles. The number of benzene rings is 2. The van der Waals surface area contributed by atoms with Crippen LogP contribution in [0.1, 0.15) is 22.8 Å². The van der Waals surface area contributed by atoms with E-state index in [9.17, 15) is 18.0 Å². The number of carbonyl (C=O) groups excluding carboxylic acids is 2. The number of hydrogen-bond donors (Lipinski definition) is 2. The molecular weight excluding hydrogens is 354 g/mol. The van der Waals surface area contributed by atoms with Crippen molar-refractivity contribution in [2.45, 2.75) is 18.7 Å². The van der Waals surface area contributed by atoms with E-state index in [0.717, 1.165) is 0 Å². The fourth-order valence-electron chi connectivity index (χ4n) is 2.32. The van der Waals surface area contributed by atoms with Crippen LogP contribution in [-0.4, -0.2) is 39.2 Å². The molecule has 0 atom stereocenters. The van der Waals surface area contributed by atoms with Crippen molar-refractivity contribution in [2.75, 3.05) is 24.1 Å². The van der Waals surface area contributed by atoms with Crippen molar-refractivity contribution < 1.29 is 18.0 Å². The summed E-state index contributed by atoms with van der Waals surface area (Å²) in [6, 6.07) is 10.8. The van der Waals surface area contributed by atoms with Crippen molar-refractivity contribution in [3.8, 4) is 0 Å². The van der Waals surface area contributed by atoms with Crippen LogP contribution >= 0.6 is 0 Å². The topological polar surface area (TPSA) is 95.6 Å². The molecule has 0 unspecified atom stereocenters. The van der Waals surface area contributed by atoms with Gasteiger partial charge in [0.1, 0.15) is 0 Å². The van der Waals surface area contributed by atoms with Gasteiger partial charge in [-0.15, -0.1) is 0 Å². The summed E-state index contributed by atoms with van der Waals surface area (Å²) < 4.78 is 27.9. The van der Waals surface area contributed by atoms with Gasteiger partial charge < -0.3 is 10.2 Å². The zero-order valence-electron chi connectivity index (χ0n) is 15.0. The van der Waals surface area contributed by atoms with Crippen molar-refractivity contribution in [3.63, 3.8) is 0 Å². The van der Waals surface area contributed by atoms with Gasteiger partial charge in [-0.25, -0.2) is 8.42 Å². The molecule has 0 aromatic heterocycles. The third-order valence-corrected chi connectivity index (χ3v) is 5.11. The van der Waals surface area contributed by atoms with E-state index in [0.29, 0.717) is 22.5 Å². The Morgan fingerprint density at radius 1 is 0.962 bits per heavy atom. The van der Waals surface area contributed by atoms with Crippen LogP contribution < -0.4 is 10.0 Å². The highest BCUT2D eigenvalue weighted by Crippen LogP contribution is 2.23. The fourth-order valence-corrected chi connectivity index (χ4v) is 3.65. The van der Waals surface area contributed by atoms with E-state index in [2.05, 4.69) is 10.0 Å². The number of nitrogens with zero attached hydrogens (tertiary/aromatic N) is 1. The lowest BCUT2D eigenvalue weighted by Crippen LogP contribution is -2.21. The summed E-state index contributed by atoms with van der Waals surface area (Å²) in [5, 5.41) is 2.57. The molecule has 0 bridgehead atoms. The molecule has 2 rings (SSSR count). The van der Waals surface area contributed by atoms with Crippen LogP contribution in [-0.2, 0) is 14.8 Å². The molecule has 2 amide bonds. The van der Waals surface area contributed by atoms with Gasteiger partial charge in [0.05, 0.1) is 4.90 Å². The average Bonchev–Trinajstić information content (AvgIpc) is 2.55. The number of anilines is 2. The number of carbonyl (C=O) groups is 2. The lowest BCUT2D eigenvalue weighted by atomic mass is 10.2. The van der Waals surface area contributed by atoms with Crippen molar-refractivity contribution in [1.29, 1.82) is 0 Å². The monoisotopic (exact) mass is 375 g/mol. The highest BCUT2D eigenvalue weighted by atomic mass is 32.2. The molecule has 7 nitrogen and oxygen atoms in total. The minimum absolute atomic E-state index is 0.0668. The first kappa shape index (κ1) is 19.5. The normalized spacial score (nSPS) is 10.9. The molecule has 2 N–H and O–H groups in total. The van der Waals surface area contributed by atoms with E-state index in [1.54, 1.807) is 45.3 Å². The molecule has 0 aliphatic rings. The number of hydrogen-bond acceptors (Lipinski definition) is 4. The Hall–Kier alpha value is -2.87. The standard InChI is InChI=1S/C18H21N3O4S/c1-12-5-8-16(19-13(2)22)11-17(12)26(24,25)20-15-9-6-14(7-10-15)18(23)21(3)4/h5-11,20H,1-4H3,(H,19,22). The van der Waals surface area contributed by atoms with Gasteiger partial charge in [0.25, 0.3) is 15.9 Å². The minimum Gasteiger partial charge on any atom is -0.345 e. The molecule has 0 heterocycles. The minimum atomic E-state index is -3.85. The summed E-state index contributed by atoms with van der Waals surface area (Å²) in [4.78, 5) is 24.6. The molecule has 0 saturated carbocycles. The van der Waals surface area contributed by atoms with Crippen LogP contribution in [0.15, 0.2) is 47.4 Å². The summed E-state index contributed by atoms with van der Waals surface area (Å²) in [5.74, 6) is -0.454. The molecule has 0 radical (unpaired) electrons. The van der Waals surface area contributed by atoms with Crippen LogP contribution in [0.5, 0.6) is 0 Å². The van der Waals surface area contributed by atoms with E-state index in [1.165, 1.54) is 30.0 Å². The highest BCUT2D eigenvalue weighted by molar-refractivity contribution is 7.92. The number of rotatable bonds is 5. The highest BCUT2D eigenvalue weighted by Gasteiger charge is 2.18. The molecule has 0 aliphatic carbocycles. The van der Waals surface area contributed by atoms with Crippen LogP contribution in [0.2, 0.25) is 0 Å². The van der Waals surface area contributed by atoms with Crippen LogP contribution in [0.4, 0.5) is 11.4 Å². The maximum absolute atomic E-state index is 12.7. The van der Waals surface area contributed by atoms with E-state index >= 15 is 0 Å². The molecular formula is C18H21N3O4S. The van der Waals surface area contributed by atoms with Gasteiger partial charge >= 0.3 is 0 Å². The molecule has 0 aliphatic heterocycles. The first-order valence-electron chi connectivity index (χ1n) is 7.83. The first-order valence-corrected chi connectivity index (χ1v) is 9.31. The van der Waals surface area contributed by atoms with Gasteiger partial charge in [0.2, 0.25) is 5.91 Å². The average molecular weight is 375 g/mol. The van der Waals surface area contributed by atoms with Crippen molar-refractivity contribution in [2.24, 2.45) is 0 Å². The predicted molar refractivity (Wildman–Crippen MR) is 101 cm³/mol. The zero-order valence-corrected chi connectivity index (χ0v) is 15.8. The molecule has 8 heteroatoms. The predicted octanol–water partition coefficient (Wildman–Crippen LogP) is 2.46. The Morgan fingerprint density at radius 2 is 1.54 bits per heavy atom. The second kappa shape index (κ2) is 7.57. The Kier molecular flexibility index (Phi) is 5.66. The Morgan fingerprint density at radius 3 is 2.08 bits per heavy atom. The first-order chi connectivity index (χ1) is 12.1. The molecule has 0 spiro atoms. The summed E-state index contributed by atoms with van der Waals surface area (Å²) in [6.45, 7) is 3.02. The lowest BCUT2D eigenvalue weighted by molar-refractivity contribution is -0.114. The number of sulfonamides is 1. The van der Waals surface area contributed by atoms with Gasteiger partial charge in [-0.1, -0.05) is 6.07 Å². The van der Waals surface area contributed by atoms with Gasteiger partial charge in [-0.05, 0) is 48.9 Å². The molecule has 138 valence electrons. The van der Waals surface area contributed by atoms with Crippen molar-refractivity contribution in [1.82, 2.24) is 4.90 Å². The lowest BCUT2D eigenvalue weighted by Gasteiger charge is -2.13. The Labute approximate surface area is 153 Å². The summed E-state index contributed by atoms with van der Waals surface area (Å²) in [5.41, 5.74) is 1.74. The Bertz CT molecular complexity index is 935. The van der Waals surface area contributed by atoms with Crippen LogP contribution in [0.3, 0.4) is 0 Å². The summed E-state index contributed by atoms with van der Waals surface area (Å²) >= 11 is 0. The van der Waals surface area contributed by atoms with Crippen LogP contribution in [0.25, 0.3) is 0 Å². The number of aryl methyl sites for hydroxylation is 1.